The van der Waals surface area contributed by atoms with Crippen LogP contribution in [0.25, 0.3) is 10.4 Å². The van der Waals surface area contributed by atoms with Gasteiger partial charge in [-0.2, -0.15) is 5.26 Å². The normalized spacial score (nSPS) is 11.8. The van der Waals surface area contributed by atoms with Crippen molar-refractivity contribution in [3.8, 4) is 22.3 Å². The van der Waals surface area contributed by atoms with Crippen LogP contribution in [0, 0.1) is 17.1 Å². The number of hydrogen-bond donors (Lipinski definition) is 0. The number of thiophene rings is 1. The van der Waals surface area contributed by atoms with Gasteiger partial charge in [0.05, 0.1) is 11.2 Å². The van der Waals surface area contributed by atoms with Crippen LogP contribution in [-0.2, 0) is 0 Å². The molecule has 3 aromatic rings. The van der Waals surface area contributed by atoms with Crippen LogP contribution in [0.5, 0.6) is 5.75 Å². The topological polar surface area (TPSA) is 45.9 Å². The molecular weight excluding hydrogens is 382 g/mol. The van der Waals surface area contributed by atoms with Gasteiger partial charge in [0.2, 0.25) is 0 Å². The number of halogens is 3. The van der Waals surface area contributed by atoms with E-state index in [1.807, 2.05) is 6.07 Å². The minimum atomic E-state index is -0.564. The minimum absolute atomic E-state index is 0.0546. The summed E-state index contributed by atoms with van der Waals surface area (Å²) in [6, 6.07) is 10.2. The van der Waals surface area contributed by atoms with Gasteiger partial charge < -0.3 is 4.74 Å². The Morgan fingerprint density at radius 3 is 2.76 bits per heavy atom. The Morgan fingerprint density at radius 1 is 1.24 bits per heavy atom. The number of rotatable bonds is 4. The van der Waals surface area contributed by atoms with Gasteiger partial charge >= 0.3 is 0 Å². The Balaban J connectivity index is 1.88. The zero-order valence-electron chi connectivity index (χ0n) is 13.0. The number of ether oxygens (including phenoxy) is 1. The van der Waals surface area contributed by atoms with E-state index in [-0.39, 0.29) is 5.02 Å². The average molecular weight is 393 g/mol. The van der Waals surface area contributed by atoms with E-state index < -0.39 is 11.9 Å². The highest BCUT2D eigenvalue weighted by atomic mass is 35.5. The summed E-state index contributed by atoms with van der Waals surface area (Å²) in [5.41, 5.74) is 1.21. The first-order chi connectivity index (χ1) is 12.0. The fourth-order valence-corrected chi connectivity index (χ4v) is 3.81. The van der Waals surface area contributed by atoms with Gasteiger partial charge in [-0.3, -0.25) is 4.98 Å². The maximum Gasteiger partial charge on any atom is 0.142 e. The zero-order chi connectivity index (χ0) is 18.0. The standard InChI is InChI=1S/C18H11Cl2FN2OS/c1-10(17-14(19)3-4-15(21)18(17)20)24-12-6-11(8-23-9-12)16-5-2-13(7-22)25-16/h2-6,8-10H,1H3/t10-/m0/s1. The Morgan fingerprint density at radius 2 is 2.04 bits per heavy atom. The molecule has 3 rings (SSSR count). The van der Waals surface area contributed by atoms with Crippen LogP contribution in [0.1, 0.15) is 23.5 Å². The molecule has 0 bridgehead atoms. The second-order valence-electron chi connectivity index (χ2n) is 5.20. The summed E-state index contributed by atoms with van der Waals surface area (Å²) in [4.78, 5) is 5.69. The molecule has 0 unspecified atom stereocenters. The molecule has 1 atom stereocenters. The summed E-state index contributed by atoms with van der Waals surface area (Å²) in [6.45, 7) is 1.73. The van der Waals surface area contributed by atoms with Crippen molar-refractivity contribution in [2.75, 3.05) is 0 Å². The summed E-state index contributed by atoms with van der Waals surface area (Å²) in [6.07, 6.45) is 2.68. The molecule has 2 aromatic heterocycles. The van der Waals surface area contributed by atoms with Crippen molar-refractivity contribution < 1.29 is 9.13 Å². The molecule has 0 saturated heterocycles. The molecule has 7 heteroatoms. The lowest BCUT2D eigenvalue weighted by molar-refractivity contribution is 0.226. The van der Waals surface area contributed by atoms with Crippen molar-refractivity contribution in [2.24, 2.45) is 0 Å². The van der Waals surface area contributed by atoms with Gasteiger partial charge in [0, 0.05) is 27.2 Å². The third kappa shape index (κ3) is 3.77. The van der Waals surface area contributed by atoms with E-state index in [0.29, 0.717) is 21.2 Å². The van der Waals surface area contributed by atoms with Gasteiger partial charge in [0.25, 0.3) is 0 Å². The summed E-state index contributed by atoms with van der Waals surface area (Å²) in [7, 11) is 0. The van der Waals surface area contributed by atoms with E-state index in [2.05, 4.69) is 11.1 Å². The lowest BCUT2D eigenvalue weighted by atomic mass is 10.1. The molecule has 25 heavy (non-hydrogen) atoms. The summed E-state index contributed by atoms with van der Waals surface area (Å²) >= 11 is 13.5. The van der Waals surface area contributed by atoms with Gasteiger partial charge in [-0.05, 0) is 37.3 Å². The highest BCUT2D eigenvalue weighted by Crippen LogP contribution is 2.36. The first-order valence-corrected chi connectivity index (χ1v) is 8.82. The van der Waals surface area contributed by atoms with Gasteiger partial charge in [0.15, 0.2) is 0 Å². The van der Waals surface area contributed by atoms with Crippen LogP contribution < -0.4 is 4.74 Å². The van der Waals surface area contributed by atoms with Crippen molar-refractivity contribution in [1.29, 1.82) is 5.26 Å². The van der Waals surface area contributed by atoms with Gasteiger partial charge in [-0.15, -0.1) is 11.3 Å². The Kier molecular flexibility index (Phi) is 5.24. The van der Waals surface area contributed by atoms with Crippen LogP contribution >= 0.6 is 34.5 Å². The van der Waals surface area contributed by atoms with Crippen LogP contribution in [0.15, 0.2) is 42.7 Å². The average Bonchev–Trinajstić information content (AvgIpc) is 3.08. The molecule has 0 aliphatic heterocycles. The highest BCUT2D eigenvalue weighted by molar-refractivity contribution is 7.16. The zero-order valence-corrected chi connectivity index (χ0v) is 15.3. The molecule has 0 aliphatic carbocycles. The largest absolute Gasteiger partial charge is 0.484 e. The first-order valence-electron chi connectivity index (χ1n) is 7.25. The quantitative estimate of drug-likeness (QED) is 0.491. The maximum atomic E-state index is 13.7. The summed E-state index contributed by atoms with van der Waals surface area (Å²) < 4.78 is 19.6. The van der Waals surface area contributed by atoms with Crippen molar-refractivity contribution >= 4 is 34.5 Å². The Hall–Kier alpha value is -2.13. The van der Waals surface area contributed by atoms with Gasteiger partial charge in [-0.25, -0.2) is 4.39 Å². The van der Waals surface area contributed by atoms with Crippen LogP contribution in [0.3, 0.4) is 0 Å². The third-order valence-electron chi connectivity index (χ3n) is 3.51. The van der Waals surface area contributed by atoms with Crippen LogP contribution in [-0.4, -0.2) is 4.98 Å². The van der Waals surface area contributed by atoms with Crippen LogP contribution in [0.4, 0.5) is 4.39 Å². The lowest BCUT2D eigenvalue weighted by Crippen LogP contribution is -2.06. The monoisotopic (exact) mass is 392 g/mol. The van der Waals surface area contributed by atoms with E-state index in [9.17, 15) is 4.39 Å². The second kappa shape index (κ2) is 7.40. The molecule has 0 N–H and O–H groups in total. The summed E-state index contributed by atoms with van der Waals surface area (Å²) in [5, 5.41) is 9.21. The van der Waals surface area contributed by atoms with Crippen molar-refractivity contribution in [3.05, 3.63) is 69.0 Å². The molecular formula is C18H11Cl2FN2OS. The van der Waals surface area contributed by atoms with Crippen molar-refractivity contribution in [3.63, 3.8) is 0 Å². The molecule has 0 fully saturated rings. The molecule has 0 spiro atoms. The first kappa shape index (κ1) is 17.7. The SMILES string of the molecule is C[C@H](Oc1cncc(-c2ccc(C#N)s2)c1)c1c(Cl)ccc(F)c1Cl. The predicted molar refractivity (Wildman–Crippen MR) is 97.7 cm³/mol. The maximum absolute atomic E-state index is 13.7. The van der Waals surface area contributed by atoms with E-state index >= 15 is 0 Å². The number of nitriles is 1. The molecule has 2 heterocycles. The Labute approximate surface area is 158 Å². The third-order valence-corrected chi connectivity index (χ3v) is 5.27. The molecule has 0 radical (unpaired) electrons. The molecule has 0 amide bonds. The molecule has 1 aromatic carbocycles. The number of aromatic nitrogens is 1. The fraction of sp³-hybridized carbons (Fsp3) is 0.111. The van der Waals surface area contributed by atoms with E-state index in [1.54, 1.807) is 31.5 Å². The van der Waals surface area contributed by atoms with E-state index in [0.717, 1.165) is 10.4 Å². The molecule has 3 nitrogen and oxygen atoms in total. The van der Waals surface area contributed by atoms with Gasteiger partial charge in [0.1, 0.15) is 28.6 Å². The number of hydrogen-bond acceptors (Lipinski definition) is 4. The number of pyridine rings is 1. The van der Waals surface area contributed by atoms with Crippen LogP contribution in [0.2, 0.25) is 10.0 Å². The highest BCUT2D eigenvalue weighted by Gasteiger charge is 2.19. The minimum Gasteiger partial charge on any atom is -0.484 e. The number of nitrogens with zero attached hydrogens (tertiary/aromatic N) is 2. The van der Waals surface area contributed by atoms with E-state index in [4.69, 9.17) is 33.2 Å². The fourth-order valence-electron chi connectivity index (χ4n) is 2.35. The number of benzene rings is 1. The smallest absolute Gasteiger partial charge is 0.142 e. The van der Waals surface area contributed by atoms with Crippen molar-refractivity contribution in [2.45, 2.75) is 13.0 Å². The second-order valence-corrected chi connectivity index (χ2v) is 7.07. The molecule has 126 valence electrons. The van der Waals surface area contributed by atoms with Crippen molar-refractivity contribution in [1.82, 2.24) is 4.98 Å². The van der Waals surface area contributed by atoms with Gasteiger partial charge in [-0.1, -0.05) is 23.2 Å². The summed E-state index contributed by atoms with van der Waals surface area (Å²) in [5.74, 6) is -0.0562. The predicted octanol–water partition coefficient (Wildman–Crippen LogP) is 6.27. The molecule has 0 saturated carbocycles. The lowest BCUT2D eigenvalue weighted by Gasteiger charge is -2.18. The Bertz CT molecular complexity index is 968. The molecule has 0 aliphatic rings. The van der Waals surface area contributed by atoms with E-state index in [1.165, 1.54) is 23.5 Å².